The van der Waals surface area contributed by atoms with E-state index < -0.39 is 0 Å². The minimum atomic E-state index is 0.458. The van der Waals surface area contributed by atoms with E-state index in [2.05, 4.69) is 21.3 Å². The summed E-state index contributed by atoms with van der Waals surface area (Å²) in [4.78, 5) is 6.56. The Morgan fingerprint density at radius 3 is 3.16 bits per heavy atom. The van der Waals surface area contributed by atoms with Gasteiger partial charge in [0.2, 0.25) is 0 Å². The number of pyridine rings is 1. The van der Waals surface area contributed by atoms with Crippen molar-refractivity contribution in [3.05, 3.63) is 23.9 Å². The largest absolute Gasteiger partial charge is 0.383 e. The van der Waals surface area contributed by atoms with Crippen molar-refractivity contribution in [3.63, 3.8) is 0 Å². The zero-order chi connectivity index (χ0) is 13.5. The van der Waals surface area contributed by atoms with Crippen LogP contribution in [0.2, 0.25) is 0 Å². The first-order chi connectivity index (χ1) is 9.33. The zero-order valence-electron chi connectivity index (χ0n) is 11.3. The van der Waals surface area contributed by atoms with Crippen LogP contribution < -0.4 is 10.2 Å². The molecular formula is C14H20N4O. The van der Waals surface area contributed by atoms with Crippen LogP contribution in [0.25, 0.3) is 0 Å². The van der Waals surface area contributed by atoms with Crippen molar-refractivity contribution in [2.24, 2.45) is 0 Å². The van der Waals surface area contributed by atoms with Crippen LogP contribution in [0.15, 0.2) is 18.2 Å². The van der Waals surface area contributed by atoms with E-state index in [0.717, 1.165) is 25.5 Å². The molecule has 1 aromatic heterocycles. The molecule has 2 heterocycles. The lowest BCUT2D eigenvalue weighted by atomic mass is 10.2. The molecule has 102 valence electrons. The lowest BCUT2D eigenvalue weighted by Gasteiger charge is -2.26. The van der Waals surface area contributed by atoms with Crippen LogP contribution in [0.3, 0.4) is 0 Å². The standard InChI is InChI=1S/C14H20N4O/c1-19-9-8-18(11-13-5-3-7-16-13)14-6-2-4-12(10-15)17-14/h2,4,6,13,16H,3,5,7-9,11H2,1H3. The van der Waals surface area contributed by atoms with Crippen molar-refractivity contribution in [1.82, 2.24) is 10.3 Å². The third kappa shape index (κ3) is 3.91. The minimum absolute atomic E-state index is 0.458. The molecule has 1 N–H and O–H groups in total. The quantitative estimate of drug-likeness (QED) is 0.831. The molecule has 0 bridgehead atoms. The molecular weight excluding hydrogens is 240 g/mol. The van der Waals surface area contributed by atoms with Gasteiger partial charge in [-0.25, -0.2) is 4.98 Å². The predicted octanol–water partition coefficient (Wildman–Crippen LogP) is 1.16. The fourth-order valence-electron chi connectivity index (χ4n) is 2.34. The maximum Gasteiger partial charge on any atom is 0.142 e. The van der Waals surface area contributed by atoms with E-state index in [-0.39, 0.29) is 0 Å². The van der Waals surface area contributed by atoms with Crippen LogP contribution in [0.4, 0.5) is 5.82 Å². The van der Waals surface area contributed by atoms with E-state index >= 15 is 0 Å². The van der Waals surface area contributed by atoms with Gasteiger partial charge in [0.05, 0.1) is 6.61 Å². The molecule has 0 aromatic carbocycles. The van der Waals surface area contributed by atoms with E-state index in [4.69, 9.17) is 10.00 Å². The number of methoxy groups -OCH3 is 1. The van der Waals surface area contributed by atoms with E-state index in [0.29, 0.717) is 18.3 Å². The molecule has 0 aliphatic carbocycles. The summed E-state index contributed by atoms with van der Waals surface area (Å²) in [6.45, 7) is 3.45. The van der Waals surface area contributed by atoms with Gasteiger partial charge in [-0.15, -0.1) is 0 Å². The van der Waals surface area contributed by atoms with Gasteiger partial charge >= 0.3 is 0 Å². The second-order valence-electron chi connectivity index (χ2n) is 4.72. The second-order valence-corrected chi connectivity index (χ2v) is 4.72. The average Bonchev–Trinajstić information content (AvgIpc) is 2.96. The lowest BCUT2D eigenvalue weighted by Crippen LogP contribution is -2.39. The van der Waals surface area contributed by atoms with Crippen molar-refractivity contribution in [3.8, 4) is 6.07 Å². The number of hydrogen-bond donors (Lipinski definition) is 1. The Bertz CT molecular complexity index is 437. The van der Waals surface area contributed by atoms with E-state index in [1.807, 2.05) is 12.1 Å². The maximum atomic E-state index is 8.94. The molecule has 5 heteroatoms. The van der Waals surface area contributed by atoms with Crippen molar-refractivity contribution in [2.75, 3.05) is 38.3 Å². The van der Waals surface area contributed by atoms with Gasteiger partial charge in [0.1, 0.15) is 17.6 Å². The summed E-state index contributed by atoms with van der Waals surface area (Å²) < 4.78 is 5.16. The number of rotatable bonds is 6. The Labute approximate surface area is 114 Å². The van der Waals surface area contributed by atoms with Crippen molar-refractivity contribution >= 4 is 5.82 Å². The molecule has 0 spiro atoms. The Kier molecular flexibility index (Phi) is 5.13. The van der Waals surface area contributed by atoms with Crippen molar-refractivity contribution in [2.45, 2.75) is 18.9 Å². The molecule has 1 saturated heterocycles. The van der Waals surface area contributed by atoms with Crippen LogP contribution in [0, 0.1) is 11.3 Å². The zero-order valence-corrected chi connectivity index (χ0v) is 11.3. The lowest BCUT2D eigenvalue weighted by molar-refractivity contribution is 0.204. The van der Waals surface area contributed by atoms with Gasteiger partial charge in [-0.05, 0) is 31.5 Å². The molecule has 0 amide bonds. The summed E-state index contributed by atoms with van der Waals surface area (Å²) in [7, 11) is 1.70. The third-order valence-electron chi connectivity index (χ3n) is 3.34. The van der Waals surface area contributed by atoms with E-state index in [9.17, 15) is 0 Å². The van der Waals surface area contributed by atoms with Crippen LogP contribution in [0.5, 0.6) is 0 Å². The van der Waals surface area contributed by atoms with Crippen molar-refractivity contribution in [1.29, 1.82) is 5.26 Å². The Morgan fingerprint density at radius 2 is 2.47 bits per heavy atom. The van der Waals surface area contributed by atoms with Gasteiger partial charge in [-0.3, -0.25) is 0 Å². The molecule has 1 aromatic rings. The molecule has 1 unspecified atom stereocenters. The molecule has 1 aliphatic rings. The van der Waals surface area contributed by atoms with Crippen LogP contribution in [-0.2, 0) is 4.74 Å². The number of ether oxygens (including phenoxy) is 1. The van der Waals surface area contributed by atoms with E-state index in [1.54, 1.807) is 13.2 Å². The fourth-order valence-corrected chi connectivity index (χ4v) is 2.34. The monoisotopic (exact) mass is 260 g/mol. The van der Waals surface area contributed by atoms with Crippen LogP contribution in [0.1, 0.15) is 18.5 Å². The summed E-state index contributed by atoms with van der Waals surface area (Å²) in [5.74, 6) is 0.852. The van der Waals surface area contributed by atoms with Gasteiger partial charge < -0.3 is 15.0 Å². The third-order valence-corrected chi connectivity index (χ3v) is 3.34. The smallest absolute Gasteiger partial charge is 0.142 e. The molecule has 0 radical (unpaired) electrons. The van der Waals surface area contributed by atoms with Crippen LogP contribution in [-0.4, -0.2) is 44.4 Å². The molecule has 5 nitrogen and oxygen atoms in total. The number of anilines is 1. The second kappa shape index (κ2) is 7.07. The predicted molar refractivity (Wildman–Crippen MR) is 74.1 cm³/mol. The fraction of sp³-hybridized carbons (Fsp3) is 0.571. The summed E-state index contributed by atoms with van der Waals surface area (Å²) >= 11 is 0. The first-order valence-corrected chi connectivity index (χ1v) is 6.68. The highest BCUT2D eigenvalue weighted by Gasteiger charge is 2.18. The molecule has 1 aliphatic heterocycles. The van der Waals surface area contributed by atoms with Crippen LogP contribution >= 0.6 is 0 Å². The highest BCUT2D eigenvalue weighted by atomic mass is 16.5. The summed E-state index contributed by atoms with van der Waals surface area (Å²) in [5.41, 5.74) is 0.458. The molecule has 2 rings (SSSR count). The Balaban J connectivity index is 2.08. The normalized spacial score (nSPS) is 18.2. The molecule has 0 saturated carbocycles. The van der Waals surface area contributed by atoms with Gasteiger partial charge in [0.15, 0.2) is 0 Å². The number of nitriles is 1. The SMILES string of the molecule is COCCN(CC1CCCN1)c1cccc(C#N)n1. The van der Waals surface area contributed by atoms with E-state index in [1.165, 1.54) is 12.8 Å². The van der Waals surface area contributed by atoms with Gasteiger partial charge in [0.25, 0.3) is 0 Å². The first-order valence-electron chi connectivity index (χ1n) is 6.68. The molecule has 1 atom stereocenters. The minimum Gasteiger partial charge on any atom is -0.383 e. The number of hydrogen-bond acceptors (Lipinski definition) is 5. The van der Waals surface area contributed by atoms with Gasteiger partial charge in [0, 0.05) is 26.2 Å². The van der Waals surface area contributed by atoms with Gasteiger partial charge in [-0.2, -0.15) is 5.26 Å². The highest BCUT2D eigenvalue weighted by Crippen LogP contribution is 2.14. The molecule has 19 heavy (non-hydrogen) atoms. The number of aromatic nitrogens is 1. The summed E-state index contributed by atoms with van der Waals surface area (Å²) in [6, 6.07) is 8.15. The van der Waals surface area contributed by atoms with Gasteiger partial charge in [-0.1, -0.05) is 6.07 Å². The maximum absolute atomic E-state index is 8.94. The van der Waals surface area contributed by atoms with Crippen molar-refractivity contribution < 1.29 is 4.74 Å². The summed E-state index contributed by atoms with van der Waals surface area (Å²) in [6.07, 6.45) is 2.43. The Hall–Kier alpha value is -1.64. The highest BCUT2D eigenvalue weighted by molar-refractivity contribution is 5.41. The number of nitrogens with zero attached hydrogens (tertiary/aromatic N) is 3. The topological polar surface area (TPSA) is 61.2 Å². The number of nitrogens with one attached hydrogen (secondary N) is 1. The average molecular weight is 260 g/mol. The summed E-state index contributed by atoms with van der Waals surface area (Å²) in [5, 5.41) is 12.4. The Morgan fingerprint density at radius 1 is 1.58 bits per heavy atom. The molecule has 1 fully saturated rings. The first kappa shape index (κ1) is 13.8.